The first kappa shape index (κ1) is 21.0. The Bertz CT molecular complexity index is 880. The van der Waals surface area contributed by atoms with Crippen molar-refractivity contribution in [2.24, 2.45) is 5.92 Å². The van der Waals surface area contributed by atoms with E-state index < -0.39 is 11.6 Å². The van der Waals surface area contributed by atoms with Crippen LogP contribution in [0.5, 0.6) is 5.75 Å². The number of anilines is 1. The summed E-state index contributed by atoms with van der Waals surface area (Å²) in [6.07, 6.45) is 2.77. The first-order valence-electron chi connectivity index (χ1n) is 10.1. The van der Waals surface area contributed by atoms with E-state index in [4.69, 9.17) is 4.74 Å². The molecular formula is C23H31N3O3. The number of nitrogens with one attached hydrogen (secondary N) is 1. The Labute approximate surface area is 172 Å². The number of methoxy groups -OCH3 is 1. The van der Waals surface area contributed by atoms with Crippen LogP contribution in [0.4, 0.5) is 5.69 Å². The molecule has 2 amide bonds. The van der Waals surface area contributed by atoms with Crippen LogP contribution >= 0.6 is 0 Å². The quantitative estimate of drug-likeness (QED) is 0.827. The standard InChI is InChI=1S/C23H31N3O3/c1-7-15(2)19-22(28)26(16-10-12-17(29-6)13-11-16)20(18-9-8-14-25(18)19)21(27)24-23(3,4)5/h8-15,19-20H,7H2,1-6H3,(H,24,27)/t15-,19+,20+/m1/s1. The third-order valence-electron chi connectivity index (χ3n) is 5.42. The largest absolute Gasteiger partial charge is 0.497 e. The number of aromatic nitrogens is 1. The third kappa shape index (κ3) is 4.02. The van der Waals surface area contributed by atoms with Crippen molar-refractivity contribution in [1.29, 1.82) is 0 Å². The van der Waals surface area contributed by atoms with Crippen molar-refractivity contribution in [3.8, 4) is 5.75 Å². The van der Waals surface area contributed by atoms with Crippen molar-refractivity contribution in [3.05, 3.63) is 48.3 Å². The zero-order chi connectivity index (χ0) is 21.3. The summed E-state index contributed by atoms with van der Waals surface area (Å²) in [6, 6.07) is 10.1. The molecule has 3 rings (SSSR count). The highest BCUT2D eigenvalue weighted by Gasteiger charge is 2.45. The van der Waals surface area contributed by atoms with Crippen molar-refractivity contribution in [2.75, 3.05) is 12.0 Å². The van der Waals surface area contributed by atoms with E-state index in [1.807, 2.05) is 67.9 Å². The third-order valence-corrected chi connectivity index (χ3v) is 5.42. The zero-order valence-corrected chi connectivity index (χ0v) is 18.1. The summed E-state index contributed by atoms with van der Waals surface area (Å²) in [5, 5.41) is 3.05. The van der Waals surface area contributed by atoms with Crippen LogP contribution in [0, 0.1) is 5.92 Å². The van der Waals surface area contributed by atoms with Crippen LogP contribution in [0.3, 0.4) is 0 Å². The number of hydrogen-bond acceptors (Lipinski definition) is 3. The highest BCUT2D eigenvalue weighted by molar-refractivity contribution is 6.04. The molecule has 0 aliphatic carbocycles. The molecule has 0 fully saturated rings. The van der Waals surface area contributed by atoms with E-state index in [0.29, 0.717) is 11.4 Å². The van der Waals surface area contributed by atoms with Gasteiger partial charge in [-0.3, -0.25) is 14.5 Å². The first-order valence-corrected chi connectivity index (χ1v) is 10.1. The molecule has 1 aromatic heterocycles. The monoisotopic (exact) mass is 397 g/mol. The Balaban J connectivity index is 2.14. The van der Waals surface area contributed by atoms with Crippen LogP contribution in [0.2, 0.25) is 0 Å². The van der Waals surface area contributed by atoms with Gasteiger partial charge in [-0.1, -0.05) is 20.3 Å². The number of fused-ring (bicyclic) bond motifs is 1. The normalized spacial score (nSPS) is 20.2. The van der Waals surface area contributed by atoms with Crippen molar-refractivity contribution in [3.63, 3.8) is 0 Å². The number of benzene rings is 1. The highest BCUT2D eigenvalue weighted by Crippen LogP contribution is 2.40. The summed E-state index contributed by atoms with van der Waals surface area (Å²) in [5.41, 5.74) is 1.11. The van der Waals surface area contributed by atoms with Gasteiger partial charge in [0.15, 0.2) is 6.04 Å². The van der Waals surface area contributed by atoms with Gasteiger partial charge in [0.05, 0.1) is 12.8 Å². The Hall–Kier alpha value is -2.76. The topological polar surface area (TPSA) is 63.6 Å². The molecular weight excluding hydrogens is 366 g/mol. The number of hydrogen-bond donors (Lipinski definition) is 1. The van der Waals surface area contributed by atoms with Gasteiger partial charge in [0.1, 0.15) is 11.8 Å². The Morgan fingerprint density at radius 2 is 1.86 bits per heavy atom. The lowest BCUT2D eigenvalue weighted by molar-refractivity contribution is -0.131. The van der Waals surface area contributed by atoms with Crippen LogP contribution in [0.15, 0.2) is 42.6 Å². The molecule has 156 valence electrons. The second kappa shape index (κ2) is 7.93. The average Bonchev–Trinajstić information content (AvgIpc) is 3.14. The molecule has 2 aromatic rings. The molecule has 0 saturated heterocycles. The van der Waals surface area contributed by atoms with Gasteiger partial charge in [-0.25, -0.2) is 0 Å². The molecule has 1 aromatic carbocycles. The molecule has 1 aliphatic heterocycles. The Morgan fingerprint density at radius 1 is 1.21 bits per heavy atom. The van der Waals surface area contributed by atoms with Gasteiger partial charge in [0.2, 0.25) is 5.91 Å². The second-order valence-electron chi connectivity index (χ2n) is 8.72. The van der Waals surface area contributed by atoms with E-state index >= 15 is 0 Å². The maximum Gasteiger partial charge on any atom is 0.251 e. The van der Waals surface area contributed by atoms with Gasteiger partial charge in [0, 0.05) is 17.4 Å². The molecule has 1 N–H and O–H groups in total. The van der Waals surface area contributed by atoms with Crippen LogP contribution in [-0.2, 0) is 9.59 Å². The van der Waals surface area contributed by atoms with Gasteiger partial charge in [-0.15, -0.1) is 0 Å². The van der Waals surface area contributed by atoms with Gasteiger partial charge >= 0.3 is 0 Å². The van der Waals surface area contributed by atoms with E-state index in [-0.39, 0.29) is 23.8 Å². The van der Waals surface area contributed by atoms with E-state index in [0.717, 1.165) is 12.1 Å². The first-order chi connectivity index (χ1) is 13.7. The molecule has 0 saturated carbocycles. The van der Waals surface area contributed by atoms with Crippen LogP contribution in [-0.4, -0.2) is 29.0 Å². The van der Waals surface area contributed by atoms with E-state index in [9.17, 15) is 9.59 Å². The molecule has 0 unspecified atom stereocenters. The fourth-order valence-corrected chi connectivity index (χ4v) is 3.86. The molecule has 6 nitrogen and oxygen atoms in total. The fourth-order valence-electron chi connectivity index (χ4n) is 3.86. The van der Waals surface area contributed by atoms with Gasteiger partial charge in [-0.05, 0) is 63.1 Å². The van der Waals surface area contributed by atoms with Gasteiger partial charge in [0.25, 0.3) is 5.91 Å². The lowest BCUT2D eigenvalue weighted by Crippen LogP contribution is -2.55. The average molecular weight is 398 g/mol. The van der Waals surface area contributed by atoms with Crippen molar-refractivity contribution < 1.29 is 14.3 Å². The van der Waals surface area contributed by atoms with Gasteiger partial charge in [-0.2, -0.15) is 0 Å². The summed E-state index contributed by atoms with van der Waals surface area (Å²) < 4.78 is 7.23. The lowest BCUT2D eigenvalue weighted by Gasteiger charge is -2.42. The number of ether oxygens (including phenoxy) is 1. The molecule has 0 spiro atoms. The summed E-state index contributed by atoms with van der Waals surface area (Å²) in [7, 11) is 1.60. The van der Waals surface area contributed by atoms with Crippen LogP contribution < -0.4 is 15.0 Å². The number of carbonyl (C=O) groups is 2. The number of amides is 2. The molecule has 0 radical (unpaired) electrons. The van der Waals surface area contributed by atoms with E-state index in [1.54, 1.807) is 12.0 Å². The highest BCUT2D eigenvalue weighted by atomic mass is 16.5. The van der Waals surface area contributed by atoms with Crippen molar-refractivity contribution in [1.82, 2.24) is 9.88 Å². The molecule has 29 heavy (non-hydrogen) atoms. The Morgan fingerprint density at radius 3 is 2.41 bits per heavy atom. The minimum Gasteiger partial charge on any atom is -0.497 e. The number of rotatable bonds is 5. The molecule has 3 atom stereocenters. The van der Waals surface area contributed by atoms with Crippen molar-refractivity contribution >= 4 is 17.5 Å². The fraction of sp³-hybridized carbons (Fsp3) is 0.478. The molecule has 2 heterocycles. The molecule has 1 aliphatic rings. The van der Waals surface area contributed by atoms with Crippen LogP contribution in [0.1, 0.15) is 58.8 Å². The maximum absolute atomic E-state index is 13.7. The lowest BCUT2D eigenvalue weighted by atomic mass is 9.92. The summed E-state index contributed by atoms with van der Waals surface area (Å²) in [6.45, 7) is 9.97. The predicted molar refractivity (Wildman–Crippen MR) is 114 cm³/mol. The van der Waals surface area contributed by atoms with E-state index in [1.165, 1.54) is 0 Å². The van der Waals surface area contributed by atoms with Gasteiger partial charge < -0.3 is 14.6 Å². The SMILES string of the molecule is CC[C@@H](C)[C@H]1C(=O)N(c2ccc(OC)cc2)[C@H](C(=O)NC(C)(C)C)c2cccn21. The van der Waals surface area contributed by atoms with Crippen LogP contribution in [0.25, 0.3) is 0 Å². The number of carbonyl (C=O) groups excluding carboxylic acids is 2. The minimum atomic E-state index is -0.731. The molecule has 0 bridgehead atoms. The number of nitrogens with zero attached hydrogens (tertiary/aromatic N) is 2. The maximum atomic E-state index is 13.7. The Kier molecular flexibility index (Phi) is 5.73. The van der Waals surface area contributed by atoms with E-state index in [2.05, 4.69) is 19.2 Å². The molecule has 6 heteroatoms. The second-order valence-corrected chi connectivity index (χ2v) is 8.72. The summed E-state index contributed by atoms with van der Waals surface area (Å²) >= 11 is 0. The summed E-state index contributed by atoms with van der Waals surface area (Å²) in [4.78, 5) is 28.7. The minimum absolute atomic E-state index is 0.0673. The predicted octanol–water partition coefficient (Wildman–Crippen LogP) is 4.09. The summed E-state index contributed by atoms with van der Waals surface area (Å²) in [5.74, 6) is 0.586. The van der Waals surface area contributed by atoms with Crippen molar-refractivity contribution in [2.45, 2.75) is 58.7 Å². The zero-order valence-electron chi connectivity index (χ0n) is 18.1. The smallest absolute Gasteiger partial charge is 0.251 e.